The summed E-state index contributed by atoms with van der Waals surface area (Å²) in [6.07, 6.45) is -5.14. The Labute approximate surface area is 148 Å². The van der Waals surface area contributed by atoms with Crippen LogP contribution in [0.3, 0.4) is 0 Å². The van der Waals surface area contributed by atoms with E-state index in [0.29, 0.717) is 5.56 Å². The fourth-order valence-electron chi connectivity index (χ4n) is 2.01. The van der Waals surface area contributed by atoms with E-state index in [1.54, 1.807) is 0 Å². The van der Waals surface area contributed by atoms with E-state index in [2.05, 4.69) is 5.32 Å². The SMILES string of the molecule is Cc1cc(NC(=O)c2ccco2)sc1C(=O)NC(CC(F)(F)F)C(=O)O. The monoisotopic (exact) mass is 390 g/mol. The minimum absolute atomic E-state index is 0.00632. The molecule has 0 aliphatic heterocycles. The molecule has 0 saturated heterocycles. The van der Waals surface area contributed by atoms with Gasteiger partial charge in [-0.25, -0.2) is 4.79 Å². The van der Waals surface area contributed by atoms with E-state index in [9.17, 15) is 27.6 Å². The van der Waals surface area contributed by atoms with Gasteiger partial charge < -0.3 is 20.2 Å². The van der Waals surface area contributed by atoms with Crippen molar-refractivity contribution in [2.75, 3.05) is 5.32 Å². The molecule has 140 valence electrons. The molecule has 1 unspecified atom stereocenters. The van der Waals surface area contributed by atoms with E-state index in [-0.39, 0.29) is 15.6 Å². The van der Waals surface area contributed by atoms with Crippen molar-refractivity contribution in [1.29, 1.82) is 0 Å². The molecule has 0 aliphatic rings. The largest absolute Gasteiger partial charge is 0.480 e. The molecular formula is C15H13F3N2O5S. The van der Waals surface area contributed by atoms with Gasteiger partial charge in [-0.1, -0.05) is 0 Å². The van der Waals surface area contributed by atoms with Crippen LogP contribution in [0.15, 0.2) is 28.9 Å². The summed E-state index contributed by atoms with van der Waals surface area (Å²) in [6, 6.07) is 2.28. The lowest BCUT2D eigenvalue weighted by atomic mass is 10.2. The summed E-state index contributed by atoms with van der Waals surface area (Å²) < 4.78 is 42.2. The Bertz CT molecular complexity index is 814. The van der Waals surface area contributed by atoms with E-state index >= 15 is 0 Å². The summed E-state index contributed by atoms with van der Waals surface area (Å²) in [5, 5.41) is 13.4. The maximum absolute atomic E-state index is 12.4. The number of anilines is 1. The number of carbonyl (C=O) groups excluding carboxylic acids is 2. The second-order valence-corrected chi connectivity index (χ2v) is 6.29. The van der Waals surface area contributed by atoms with Crippen LogP contribution in [0.25, 0.3) is 0 Å². The van der Waals surface area contributed by atoms with Crippen LogP contribution in [-0.4, -0.2) is 35.1 Å². The van der Waals surface area contributed by atoms with Crippen LogP contribution in [0.1, 0.15) is 32.2 Å². The number of thiophene rings is 1. The van der Waals surface area contributed by atoms with Crippen molar-refractivity contribution in [2.45, 2.75) is 25.6 Å². The van der Waals surface area contributed by atoms with E-state index in [4.69, 9.17) is 9.52 Å². The number of amides is 2. The van der Waals surface area contributed by atoms with Crippen LogP contribution in [0.2, 0.25) is 0 Å². The zero-order valence-corrected chi connectivity index (χ0v) is 14.0. The number of nitrogens with one attached hydrogen (secondary N) is 2. The van der Waals surface area contributed by atoms with E-state index in [1.807, 2.05) is 5.32 Å². The summed E-state index contributed by atoms with van der Waals surface area (Å²) in [5.74, 6) is -3.29. The standard InChI is InChI=1S/C15H13F3N2O5S/c1-7-5-10(20-12(21)9-3-2-4-25-9)26-11(7)13(22)19-8(14(23)24)6-15(16,17)18/h2-5,8H,6H2,1H3,(H,19,22)(H,20,21)(H,23,24). The maximum Gasteiger partial charge on any atom is 0.391 e. The predicted molar refractivity (Wildman–Crippen MR) is 85.3 cm³/mol. The van der Waals surface area contributed by atoms with E-state index in [0.717, 1.165) is 11.3 Å². The van der Waals surface area contributed by atoms with Gasteiger partial charge in [0, 0.05) is 0 Å². The Morgan fingerprint density at radius 1 is 1.31 bits per heavy atom. The number of hydrogen-bond acceptors (Lipinski definition) is 5. The van der Waals surface area contributed by atoms with Crippen molar-refractivity contribution >= 4 is 34.1 Å². The molecule has 7 nitrogen and oxygen atoms in total. The first-order valence-electron chi connectivity index (χ1n) is 7.12. The average molecular weight is 390 g/mol. The number of aliphatic carboxylic acids is 1. The summed E-state index contributed by atoms with van der Waals surface area (Å²) >= 11 is 0.805. The first kappa shape index (κ1) is 19.5. The lowest BCUT2D eigenvalue weighted by molar-refractivity contribution is -0.157. The van der Waals surface area contributed by atoms with Crippen LogP contribution in [0, 0.1) is 6.92 Å². The number of rotatable bonds is 6. The first-order chi connectivity index (χ1) is 12.1. The number of alkyl halides is 3. The molecule has 2 aromatic rings. The summed E-state index contributed by atoms with van der Waals surface area (Å²) in [4.78, 5) is 34.9. The number of carboxylic acids is 1. The first-order valence-corrected chi connectivity index (χ1v) is 7.94. The smallest absolute Gasteiger partial charge is 0.391 e. The molecule has 2 amide bonds. The van der Waals surface area contributed by atoms with Crippen molar-refractivity contribution in [3.8, 4) is 0 Å². The Kier molecular flexibility index (Phi) is 5.70. The number of halogens is 3. The van der Waals surface area contributed by atoms with Gasteiger partial charge in [-0.05, 0) is 30.7 Å². The van der Waals surface area contributed by atoms with E-state index in [1.165, 1.54) is 31.4 Å². The van der Waals surface area contributed by atoms with Crippen LogP contribution >= 0.6 is 11.3 Å². The second kappa shape index (κ2) is 7.60. The van der Waals surface area contributed by atoms with Crippen molar-refractivity contribution < 1.29 is 37.1 Å². The lowest BCUT2D eigenvalue weighted by Gasteiger charge is -2.16. The summed E-state index contributed by atoms with van der Waals surface area (Å²) in [6.45, 7) is 1.51. The molecule has 3 N–H and O–H groups in total. The molecule has 0 radical (unpaired) electrons. The van der Waals surface area contributed by atoms with Crippen molar-refractivity contribution in [3.63, 3.8) is 0 Å². The van der Waals surface area contributed by atoms with E-state index < -0.39 is 36.4 Å². The van der Waals surface area contributed by atoms with Gasteiger partial charge >= 0.3 is 12.1 Å². The van der Waals surface area contributed by atoms with Gasteiger partial charge in [0.25, 0.3) is 11.8 Å². The second-order valence-electron chi connectivity index (χ2n) is 5.24. The minimum Gasteiger partial charge on any atom is -0.480 e. The topological polar surface area (TPSA) is 109 Å². The van der Waals surface area contributed by atoms with Gasteiger partial charge in [0.1, 0.15) is 6.04 Å². The minimum atomic E-state index is -4.75. The molecule has 1 atom stereocenters. The maximum atomic E-state index is 12.4. The molecular weight excluding hydrogens is 377 g/mol. The number of hydrogen-bond donors (Lipinski definition) is 3. The van der Waals surface area contributed by atoms with Gasteiger partial charge in [-0.15, -0.1) is 11.3 Å². The number of furan rings is 1. The van der Waals surface area contributed by atoms with Crippen LogP contribution in [0.5, 0.6) is 0 Å². The van der Waals surface area contributed by atoms with Crippen LogP contribution < -0.4 is 10.6 Å². The highest BCUT2D eigenvalue weighted by atomic mass is 32.1. The molecule has 2 aromatic heterocycles. The highest BCUT2D eigenvalue weighted by molar-refractivity contribution is 7.18. The van der Waals surface area contributed by atoms with Gasteiger partial charge in [0.05, 0.1) is 22.6 Å². The fraction of sp³-hybridized carbons (Fsp3) is 0.267. The molecule has 0 fully saturated rings. The Morgan fingerprint density at radius 3 is 2.54 bits per heavy atom. The molecule has 2 rings (SSSR count). The number of aryl methyl sites for hydroxylation is 1. The third kappa shape index (κ3) is 5.09. The lowest BCUT2D eigenvalue weighted by Crippen LogP contribution is -2.43. The molecule has 2 heterocycles. The Balaban J connectivity index is 2.10. The third-order valence-corrected chi connectivity index (χ3v) is 4.30. The zero-order valence-electron chi connectivity index (χ0n) is 13.2. The Hall–Kier alpha value is -2.82. The number of carboxylic acid groups (broad SMARTS) is 1. The normalized spacial score (nSPS) is 12.5. The highest BCUT2D eigenvalue weighted by Crippen LogP contribution is 2.28. The van der Waals surface area contributed by atoms with Gasteiger partial charge in [0.15, 0.2) is 5.76 Å². The third-order valence-electron chi connectivity index (χ3n) is 3.14. The molecule has 0 bridgehead atoms. The summed E-state index contributed by atoms with van der Waals surface area (Å²) in [5.41, 5.74) is 0.374. The highest BCUT2D eigenvalue weighted by Gasteiger charge is 2.36. The summed E-state index contributed by atoms with van der Waals surface area (Å²) in [7, 11) is 0. The van der Waals surface area contributed by atoms with Gasteiger partial charge in [-0.3, -0.25) is 9.59 Å². The van der Waals surface area contributed by atoms with Gasteiger partial charge in [0.2, 0.25) is 0 Å². The fourth-order valence-corrected chi connectivity index (χ4v) is 2.98. The molecule has 0 aliphatic carbocycles. The van der Waals surface area contributed by atoms with Gasteiger partial charge in [-0.2, -0.15) is 13.2 Å². The van der Waals surface area contributed by atoms with Crippen molar-refractivity contribution in [3.05, 3.63) is 40.7 Å². The van der Waals surface area contributed by atoms with Crippen LogP contribution in [0.4, 0.5) is 18.2 Å². The predicted octanol–water partition coefficient (Wildman–Crippen LogP) is 3.04. The molecule has 26 heavy (non-hydrogen) atoms. The molecule has 0 spiro atoms. The van der Waals surface area contributed by atoms with Crippen molar-refractivity contribution in [1.82, 2.24) is 5.32 Å². The van der Waals surface area contributed by atoms with Crippen molar-refractivity contribution in [2.24, 2.45) is 0 Å². The molecule has 0 saturated carbocycles. The average Bonchev–Trinajstić information content (AvgIpc) is 3.14. The zero-order chi connectivity index (χ0) is 19.5. The molecule has 11 heteroatoms. The number of carbonyl (C=O) groups is 3. The Morgan fingerprint density at radius 2 is 2.00 bits per heavy atom. The quantitative estimate of drug-likeness (QED) is 0.703. The molecule has 0 aromatic carbocycles. The van der Waals surface area contributed by atoms with Crippen LogP contribution in [-0.2, 0) is 4.79 Å².